The van der Waals surface area contributed by atoms with Gasteiger partial charge < -0.3 is 10.6 Å². The van der Waals surface area contributed by atoms with Gasteiger partial charge in [-0.25, -0.2) is 4.68 Å². The maximum Gasteiger partial charge on any atom is 0.273 e. The topological polar surface area (TPSA) is 126 Å². The first kappa shape index (κ1) is 10.8. The first-order valence-electron chi connectivity index (χ1n) is 5.46. The van der Waals surface area contributed by atoms with Gasteiger partial charge in [-0.05, 0) is 0 Å². The van der Waals surface area contributed by atoms with Crippen LogP contribution in [-0.4, -0.2) is 54.6 Å². The van der Waals surface area contributed by atoms with E-state index in [-0.39, 0.29) is 24.2 Å². The Balaban J connectivity index is 1.59. The van der Waals surface area contributed by atoms with Crippen LogP contribution in [0, 0.1) is 0 Å². The lowest BCUT2D eigenvalue weighted by Crippen LogP contribution is -2.43. The number of aromatic amines is 1. The van der Waals surface area contributed by atoms with Crippen molar-refractivity contribution in [2.45, 2.75) is 12.6 Å². The number of aromatic nitrogens is 7. The van der Waals surface area contributed by atoms with Crippen molar-refractivity contribution < 1.29 is 4.79 Å². The number of hydrogen-bond acceptors (Lipinski definition) is 7. The van der Waals surface area contributed by atoms with E-state index in [0.717, 1.165) is 13.1 Å². The molecule has 0 aromatic carbocycles. The molecule has 2 aromatic rings. The number of nitrogens with one attached hydrogen (secondary N) is 3. The van der Waals surface area contributed by atoms with Gasteiger partial charge in [-0.3, -0.25) is 4.79 Å². The van der Waals surface area contributed by atoms with E-state index in [1.54, 1.807) is 10.9 Å². The Morgan fingerprint density at radius 1 is 1.50 bits per heavy atom. The van der Waals surface area contributed by atoms with Crippen molar-refractivity contribution in [3.63, 3.8) is 0 Å². The molecule has 3 heterocycles. The van der Waals surface area contributed by atoms with Crippen LogP contribution in [0.1, 0.15) is 22.4 Å². The van der Waals surface area contributed by atoms with Crippen LogP contribution in [0.25, 0.3) is 0 Å². The van der Waals surface area contributed by atoms with Crippen molar-refractivity contribution in [1.82, 2.24) is 46.3 Å². The molecule has 1 amide bonds. The molecule has 0 unspecified atom stereocenters. The third kappa shape index (κ3) is 2.05. The Morgan fingerprint density at radius 2 is 2.39 bits per heavy atom. The Labute approximate surface area is 101 Å². The largest absolute Gasteiger partial charge is 0.343 e. The molecule has 1 fully saturated rings. The normalized spacial score (nSPS) is 15.3. The van der Waals surface area contributed by atoms with Gasteiger partial charge in [-0.2, -0.15) is 5.21 Å². The summed E-state index contributed by atoms with van der Waals surface area (Å²) in [6, 6.07) is 0.288. The maximum absolute atomic E-state index is 11.8. The standard InChI is InChI=1S/C8H11N9O/c18-8(10-3-7-12-14-15-13-7)6-4-17(16-11-6)5-1-9-2-5/h4-5,9H,1-3H2,(H,10,18)(H,12,13,14,15). The Morgan fingerprint density at radius 3 is 3.06 bits per heavy atom. The number of nitrogens with zero attached hydrogens (tertiary/aromatic N) is 6. The lowest BCUT2D eigenvalue weighted by Gasteiger charge is -2.26. The molecular formula is C8H11N9O. The fourth-order valence-electron chi connectivity index (χ4n) is 1.53. The van der Waals surface area contributed by atoms with Crippen LogP contribution < -0.4 is 10.6 Å². The zero-order valence-corrected chi connectivity index (χ0v) is 9.37. The van der Waals surface area contributed by atoms with Crippen LogP contribution in [0.15, 0.2) is 6.20 Å². The molecule has 3 N–H and O–H groups in total. The molecule has 0 aliphatic carbocycles. The van der Waals surface area contributed by atoms with Gasteiger partial charge in [0.1, 0.15) is 0 Å². The lowest BCUT2D eigenvalue weighted by molar-refractivity contribution is 0.0944. The van der Waals surface area contributed by atoms with E-state index in [4.69, 9.17) is 0 Å². The second-order valence-corrected chi connectivity index (χ2v) is 3.91. The van der Waals surface area contributed by atoms with E-state index >= 15 is 0 Å². The minimum Gasteiger partial charge on any atom is -0.343 e. The zero-order valence-electron chi connectivity index (χ0n) is 9.37. The number of carbonyl (C=O) groups excluding carboxylic acids is 1. The van der Waals surface area contributed by atoms with Crippen molar-refractivity contribution in [3.05, 3.63) is 17.7 Å². The summed E-state index contributed by atoms with van der Waals surface area (Å²) < 4.78 is 1.69. The summed E-state index contributed by atoms with van der Waals surface area (Å²) in [5.74, 6) is 0.109. The number of carbonyl (C=O) groups is 1. The molecule has 1 aliphatic rings. The van der Waals surface area contributed by atoms with Gasteiger partial charge >= 0.3 is 0 Å². The number of tetrazole rings is 1. The van der Waals surface area contributed by atoms with E-state index in [0.29, 0.717) is 5.82 Å². The molecule has 1 aliphatic heterocycles. The number of H-pyrrole nitrogens is 1. The highest BCUT2D eigenvalue weighted by Crippen LogP contribution is 2.09. The highest BCUT2D eigenvalue weighted by Gasteiger charge is 2.21. The predicted octanol–water partition coefficient (Wildman–Crippen LogP) is -2.13. The molecular weight excluding hydrogens is 238 g/mol. The van der Waals surface area contributed by atoms with Crippen molar-refractivity contribution in [3.8, 4) is 0 Å². The van der Waals surface area contributed by atoms with Crippen LogP contribution in [0.4, 0.5) is 0 Å². The number of hydrogen-bond donors (Lipinski definition) is 3. The molecule has 0 radical (unpaired) electrons. The monoisotopic (exact) mass is 249 g/mol. The van der Waals surface area contributed by atoms with Crippen LogP contribution in [0.2, 0.25) is 0 Å². The van der Waals surface area contributed by atoms with Gasteiger partial charge in [0.15, 0.2) is 11.5 Å². The highest BCUT2D eigenvalue weighted by molar-refractivity contribution is 5.91. The average molecular weight is 249 g/mol. The van der Waals surface area contributed by atoms with Crippen molar-refractivity contribution in [2.24, 2.45) is 0 Å². The number of amides is 1. The SMILES string of the molecule is O=C(NCc1nn[nH]n1)c1cn(C2CNC2)nn1. The molecule has 0 bridgehead atoms. The molecule has 18 heavy (non-hydrogen) atoms. The van der Waals surface area contributed by atoms with E-state index < -0.39 is 0 Å². The Hall–Kier alpha value is -2.36. The van der Waals surface area contributed by atoms with Crippen molar-refractivity contribution in [2.75, 3.05) is 13.1 Å². The van der Waals surface area contributed by atoms with Crippen LogP contribution in [-0.2, 0) is 6.54 Å². The van der Waals surface area contributed by atoms with E-state index in [9.17, 15) is 4.79 Å². The Bertz CT molecular complexity index is 529. The number of rotatable bonds is 4. The summed E-state index contributed by atoms with van der Waals surface area (Å²) in [6.07, 6.45) is 1.64. The summed E-state index contributed by atoms with van der Waals surface area (Å²) in [6.45, 7) is 1.91. The fraction of sp³-hybridized carbons (Fsp3) is 0.500. The van der Waals surface area contributed by atoms with Crippen LogP contribution in [0.3, 0.4) is 0 Å². The molecule has 0 spiro atoms. The molecule has 1 saturated heterocycles. The molecule has 0 atom stereocenters. The summed E-state index contributed by atoms with van der Waals surface area (Å²) in [5, 5.41) is 26.7. The van der Waals surface area contributed by atoms with Crippen LogP contribution in [0.5, 0.6) is 0 Å². The minimum atomic E-state index is -0.307. The quantitative estimate of drug-likeness (QED) is 0.564. The first-order valence-corrected chi connectivity index (χ1v) is 5.46. The van der Waals surface area contributed by atoms with Gasteiger partial charge in [-0.1, -0.05) is 10.4 Å². The van der Waals surface area contributed by atoms with Gasteiger partial charge in [0.05, 0.1) is 18.8 Å². The second kappa shape index (κ2) is 4.49. The smallest absolute Gasteiger partial charge is 0.273 e. The third-order valence-electron chi connectivity index (χ3n) is 2.67. The first-order chi connectivity index (χ1) is 8.83. The summed E-state index contributed by atoms with van der Waals surface area (Å²) >= 11 is 0. The van der Waals surface area contributed by atoms with Gasteiger partial charge in [-0.15, -0.1) is 15.3 Å². The van der Waals surface area contributed by atoms with E-state index in [2.05, 4.69) is 41.6 Å². The molecule has 94 valence electrons. The van der Waals surface area contributed by atoms with Crippen LogP contribution >= 0.6 is 0 Å². The zero-order chi connectivity index (χ0) is 12.4. The molecule has 2 aromatic heterocycles. The van der Waals surface area contributed by atoms with E-state index in [1.807, 2.05) is 0 Å². The minimum absolute atomic E-state index is 0.202. The molecule has 10 heteroatoms. The lowest BCUT2D eigenvalue weighted by atomic mass is 10.2. The molecule has 3 rings (SSSR count). The van der Waals surface area contributed by atoms with Crippen molar-refractivity contribution >= 4 is 5.91 Å². The molecule has 10 nitrogen and oxygen atoms in total. The fourth-order valence-corrected chi connectivity index (χ4v) is 1.53. The summed E-state index contributed by atoms with van der Waals surface area (Å²) in [4.78, 5) is 11.8. The molecule has 0 saturated carbocycles. The van der Waals surface area contributed by atoms with Gasteiger partial charge in [0.2, 0.25) is 0 Å². The van der Waals surface area contributed by atoms with Gasteiger partial charge in [0.25, 0.3) is 5.91 Å². The third-order valence-corrected chi connectivity index (χ3v) is 2.67. The predicted molar refractivity (Wildman–Crippen MR) is 57.3 cm³/mol. The van der Waals surface area contributed by atoms with Crippen molar-refractivity contribution in [1.29, 1.82) is 0 Å². The summed E-state index contributed by atoms with van der Waals surface area (Å²) in [5.41, 5.74) is 0.283. The second-order valence-electron chi connectivity index (χ2n) is 3.91. The van der Waals surface area contributed by atoms with Gasteiger partial charge in [0, 0.05) is 13.1 Å². The Kier molecular flexibility index (Phi) is 2.68. The highest BCUT2D eigenvalue weighted by atomic mass is 16.2. The maximum atomic E-state index is 11.8. The van der Waals surface area contributed by atoms with E-state index in [1.165, 1.54) is 0 Å². The summed E-state index contributed by atoms with van der Waals surface area (Å²) in [7, 11) is 0. The average Bonchev–Trinajstić information content (AvgIpc) is 2.94.